The highest BCUT2D eigenvalue weighted by atomic mass is 32.1. The molecule has 0 unspecified atom stereocenters. The maximum absolute atomic E-state index is 8.58. The molecule has 0 amide bonds. The van der Waals surface area contributed by atoms with E-state index < -0.39 is 6.04 Å². The molecule has 0 radical (unpaired) electrons. The number of hydrogen-bond acceptors (Lipinski definition) is 4. The van der Waals surface area contributed by atoms with E-state index in [1.807, 2.05) is 91.0 Å². The van der Waals surface area contributed by atoms with E-state index in [1.165, 1.54) is 11.3 Å². The normalized spacial score (nSPS) is 12.9. The molecule has 4 heteroatoms. The van der Waals surface area contributed by atoms with Gasteiger partial charge in [0.05, 0.1) is 6.85 Å². The smallest absolute Gasteiger partial charge is 0.164 e. The lowest BCUT2D eigenvalue weighted by atomic mass is 10.0. The van der Waals surface area contributed by atoms with Gasteiger partial charge in [-0.25, -0.2) is 15.0 Å². The molecule has 2 heterocycles. The second-order valence-electron chi connectivity index (χ2n) is 10.1. The molecule has 3 nitrogen and oxygen atoms in total. The molecule has 0 saturated heterocycles. The largest absolute Gasteiger partial charge is 0.208 e. The predicted molar refractivity (Wildman–Crippen MR) is 180 cm³/mol. The van der Waals surface area contributed by atoms with Crippen molar-refractivity contribution in [3.63, 3.8) is 0 Å². The topological polar surface area (TPSA) is 38.7 Å². The Bertz CT molecular complexity index is 2470. The zero-order valence-electron chi connectivity index (χ0n) is 27.8. The van der Waals surface area contributed by atoms with Crippen LogP contribution in [0, 0.1) is 0 Å². The molecule has 0 aliphatic rings. The van der Waals surface area contributed by atoms with Crippen molar-refractivity contribution in [1.82, 2.24) is 15.0 Å². The first kappa shape index (κ1) is 20.4. The van der Waals surface area contributed by atoms with Crippen LogP contribution in [0.2, 0.25) is 0 Å². The highest BCUT2D eigenvalue weighted by Crippen LogP contribution is 2.41. The Balaban J connectivity index is 1.27. The summed E-state index contributed by atoms with van der Waals surface area (Å²) < 4.78 is 43.4. The van der Waals surface area contributed by atoms with Crippen LogP contribution in [0.5, 0.6) is 0 Å². The van der Waals surface area contributed by atoms with Crippen LogP contribution in [0.3, 0.4) is 0 Å². The third-order valence-corrected chi connectivity index (χ3v) is 8.65. The van der Waals surface area contributed by atoms with Crippen LogP contribution in [0.25, 0.3) is 76.6 Å². The van der Waals surface area contributed by atoms with E-state index in [0.717, 1.165) is 48.0 Å². The maximum atomic E-state index is 8.58. The lowest BCUT2D eigenvalue weighted by Gasteiger charge is -2.09. The minimum atomic E-state index is -0.402. The van der Waals surface area contributed by atoms with Crippen LogP contribution in [0.4, 0.5) is 0 Å². The summed E-state index contributed by atoms with van der Waals surface area (Å²) in [6.45, 7) is 0. The molecular weight excluding hydrogens is 543 g/mol. The van der Waals surface area contributed by atoms with E-state index in [1.54, 1.807) is 0 Å². The van der Waals surface area contributed by atoms with Crippen LogP contribution in [-0.4, -0.2) is 15.0 Å². The first-order valence-electron chi connectivity index (χ1n) is 16.4. The third kappa shape index (κ3) is 4.78. The molecule has 0 N–H and O–H groups in total. The van der Waals surface area contributed by atoms with Crippen LogP contribution in [0.15, 0.2) is 152 Å². The molecule has 0 spiro atoms. The van der Waals surface area contributed by atoms with Crippen molar-refractivity contribution < 1.29 is 6.85 Å². The van der Waals surface area contributed by atoms with Crippen molar-refractivity contribution in [3.8, 4) is 56.4 Å². The van der Waals surface area contributed by atoms with Crippen LogP contribution in [0.1, 0.15) is 6.85 Å². The van der Waals surface area contributed by atoms with E-state index in [2.05, 4.69) is 30.3 Å². The second kappa shape index (κ2) is 10.8. The lowest BCUT2D eigenvalue weighted by molar-refractivity contribution is 1.07. The van der Waals surface area contributed by atoms with Gasteiger partial charge in [0, 0.05) is 36.9 Å². The standard InChI is InChI=1S/C39H25N3S/c1-4-11-26(12-5-1)27-19-21-30(22-20-27)38-40-37(29-15-8-3-9-16-29)41-39(42-38)31-23-24-33-34-18-10-17-32(28-13-6-2-7-14-28)36(34)43-35(33)25-31/h1-25H/i2D,6D,7D,13D,14D. The van der Waals surface area contributed by atoms with Crippen molar-refractivity contribution >= 4 is 31.5 Å². The van der Waals surface area contributed by atoms with Crippen LogP contribution < -0.4 is 0 Å². The summed E-state index contributed by atoms with van der Waals surface area (Å²) in [6, 6.07) is 38.5. The van der Waals surface area contributed by atoms with Gasteiger partial charge in [0.15, 0.2) is 17.5 Å². The van der Waals surface area contributed by atoms with Gasteiger partial charge < -0.3 is 0 Å². The minimum absolute atomic E-state index is 0.200. The number of benzene rings is 6. The Labute approximate surface area is 260 Å². The SMILES string of the molecule is [2H]c1c([2H])c([2H])c(-c2cccc3c2sc2cc(-c4nc(-c5ccccc5)nc(-c5ccc(-c6ccccc6)cc5)n4)ccc23)c([2H])c1[2H]. The molecule has 0 atom stereocenters. The van der Waals surface area contributed by atoms with Crippen molar-refractivity contribution in [2.24, 2.45) is 0 Å². The molecule has 0 aliphatic carbocycles. The molecule has 0 bridgehead atoms. The van der Waals surface area contributed by atoms with E-state index in [9.17, 15) is 0 Å². The average Bonchev–Trinajstić information content (AvgIpc) is 3.52. The first-order chi connectivity index (χ1) is 23.4. The van der Waals surface area contributed by atoms with Crippen molar-refractivity contribution in [1.29, 1.82) is 0 Å². The fourth-order valence-electron chi connectivity index (χ4n) is 5.31. The summed E-state index contributed by atoms with van der Waals surface area (Å²) in [6.07, 6.45) is 0. The molecule has 2 aromatic heterocycles. The van der Waals surface area contributed by atoms with Crippen molar-refractivity contribution in [2.75, 3.05) is 0 Å². The van der Waals surface area contributed by atoms with Gasteiger partial charge in [-0.1, -0.05) is 145 Å². The summed E-state index contributed by atoms with van der Waals surface area (Å²) in [5, 5.41) is 1.95. The molecule has 8 aromatic rings. The lowest BCUT2D eigenvalue weighted by Crippen LogP contribution is -2.00. The van der Waals surface area contributed by atoms with Gasteiger partial charge >= 0.3 is 0 Å². The van der Waals surface area contributed by atoms with Gasteiger partial charge in [-0.3, -0.25) is 0 Å². The third-order valence-electron chi connectivity index (χ3n) is 7.44. The Morgan fingerprint density at radius 2 is 1.00 bits per heavy atom. The van der Waals surface area contributed by atoms with Gasteiger partial charge in [-0.05, 0) is 28.3 Å². The van der Waals surface area contributed by atoms with E-state index in [4.69, 9.17) is 21.8 Å². The summed E-state index contributed by atoms with van der Waals surface area (Å²) in [5.41, 5.74) is 5.63. The predicted octanol–water partition coefficient (Wildman–Crippen LogP) is 10.6. The summed E-state index contributed by atoms with van der Waals surface area (Å²) in [5.74, 6) is 1.68. The summed E-state index contributed by atoms with van der Waals surface area (Å²) in [7, 11) is 0. The van der Waals surface area contributed by atoms with E-state index in [0.29, 0.717) is 23.0 Å². The summed E-state index contributed by atoms with van der Waals surface area (Å²) in [4.78, 5) is 14.7. The van der Waals surface area contributed by atoms with Crippen molar-refractivity contribution in [2.45, 2.75) is 0 Å². The van der Waals surface area contributed by atoms with Gasteiger partial charge in [0.25, 0.3) is 0 Å². The Kier molecular flexibility index (Phi) is 5.11. The zero-order valence-corrected chi connectivity index (χ0v) is 23.6. The number of hydrogen-bond donors (Lipinski definition) is 0. The fourth-order valence-corrected chi connectivity index (χ4v) is 6.57. The molecule has 8 rings (SSSR count). The number of aromatic nitrogens is 3. The van der Waals surface area contributed by atoms with Gasteiger partial charge in [0.2, 0.25) is 0 Å². The molecule has 0 aliphatic heterocycles. The quantitative estimate of drug-likeness (QED) is 0.206. The van der Waals surface area contributed by atoms with Gasteiger partial charge in [-0.15, -0.1) is 11.3 Å². The monoisotopic (exact) mass is 572 g/mol. The van der Waals surface area contributed by atoms with Gasteiger partial charge in [-0.2, -0.15) is 0 Å². The van der Waals surface area contributed by atoms with Crippen molar-refractivity contribution in [3.05, 3.63) is 152 Å². The van der Waals surface area contributed by atoms with Crippen LogP contribution >= 0.6 is 11.3 Å². The number of rotatable bonds is 5. The summed E-state index contributed by atoms with van der Waals surface area (Å²) >= 11 is 1.52. The molecule has 6 aromatic carbocycles. The highest BCUT2D eigenvalue weighted by molar-refractivity contribution is 7.26. The first-order valence-corrected chi connectivity index (χ1v) is 14.7. The molecule has 202 valence electrons. The number of nitrogens with zero attached hydrogens (tertiary/aromatic N) is 3. The molecular formula is C39H25N3S. The Morgan fingerprint density at radius 1 is 0.442 bits per heavy atom. The Morgan fingerprint density at radius 3 is 1.70 bits per heavy atom. The maximum Gasteiger partial charge on any atom is 0.164 e. The minimum Gasteiger partial charge on any atom is -0.208 e. The second-order valence-corrected chi connectivity index (χ2v) is 11.2. The van der Waals surface area contributed by atoms with E-state index in [-0.39, 0.29) is 29.7 Å². The van der Waals surface area contributed by atoms with Gasteiger partial charge in [0.1, 0.15) is 0 Å². The number of fused-ring (bicyclic) bond motifs is 3. The fraction of sp³-hybridized carbons (Fsp3) is 0. The highest BCUT2D eigenvalue weighted by Gasteiger charge is 2.15. The number of thiophene rings is 1. The Hall–Kier alpha value is -5.45. The molecule has 0 saturated carbocycles. The zero-order chi connectivity index (χ0) is 32.9. The molecule has 43 heavy (non-hydrogen) atoms. The molecule has 0 fully saturated rings. The van der Waals surface area contributed by atoms with E-state index >= 15 is 0 Å². The average molecular weight is 573 g/mol. The van der Waals surface area contributed by atoms with Crippen LogP contribution in [-0.2, 0) is 0 Å².